The lowest BCUT2D eigenvalue weighted by molar-refractivity contribution is 0.153. The van der Waals surface area contributed by atoms with Crippen molar-refractivity contribution in [3.63, 3.8) is 0 Å². The van der Waals surface area contributed by atoms with Crippen molar-refractivity contribution in [2.24, 2.45) is 0 Å². The summed E-state index contributed by atoms with van der Waals surface area (Å²) in [4.78, 5) is 22.9. The Kier molecular flexibility index (Phi) is 7.00. The van der Waals surface area contributed by atoms with Gasteiger partial charge in [-0.15, -0.1) is 12.4 Å². The Morgan fingerprint density at radius 1 is 1.29 bits per heavy atom. The summed E-state index contributed by atoms with van der Waals surface area (Å²) in [6.07, 6.45) is 1.62. The van der Waals surface area contributed by atoms with E-state index in [1.807, 2.05) is 18.2 Å². The Morgan fingerprint density at radius 2 is 2.06 bits per heavy atom. The molecule has 0 aliphatic carbocycles. The van der Waals surface area contributed by atoms with Crippen LogP contribution in [0.2, 0.25) is 0 Å². The number of H-pyrrole nitrogens is 1. The fourth-order valence-electron chi connectivity index (χ4n) is 3.80. The third-order valence-corrected chi connectivity index (χ3v) is 5.50. The van der Waals surface area contributed by atoms with Gasteiger partial charge in [0.1, 0.15) is 11.6 Å². The van der Waals surface area contributed by atoms with E-state index >= 15 is 0 Å². The average molecular weight is 441 g/mol. The van der Waals surface area contributed by atoms with Gasteiger partial charge in [0.05, 0.1) is 35.8 Å². The number of aromatic nitrogens is 2. The molecule has 2 atom stereocenters. The minimum Gasteiger partial charge on any atom is -0.497 e. The molecule has 4 rings (SSSR count). The van der Waals surface area contributed by atoms with Crippen LogP contribution in [0.3, 0.4) is 0 Å². The molecule has 0 spiro atoms. The molecule has 1 fully saturated rings. The molecule has 31 heavy (non-hydrogen) atoms. The molecule has 1 saturated heterocycles. The highest BCUT2D eigenvalue weighted by Gasteiger charge is 2.30. The van der Waals surface area contributed by atoms with Crippen molar-refractivity contribution in [2.75, 3.05) is 26.0 Å². The van der Waals surface area contributed by atoms with Crippen LogP contribution < -0.4 is 15.4 Å². The predicted molar refractivity (Wildman–Crippen MR) is 122 cm³/mol. The highest BCUT2D eigenvalue weighted by atomic mass is 35.5. The molecule has 2 heterocycles. The lowest BCUT2D eigenvalue weighted by Gasteiger charge is -2.36. The zero-order valence-electron chi connectivity index (χ0n) is 17.4. The molecule has 0 unspecified atom stereocenters. The first-order valence-electron chi connectivity index (χ1n) is 9.87. The van der Waals surface area contributed by atoms with Crippen LogP contribution in [0, 0.1) is 11.3 Å². The number of nitrogens with zero attached hydrogens (tertiary/aromatic N) is 3. The molecular formula is C22H25ClN6O2. The summed E-state index contributed by atoms with van der Waals surface area (Å²) < 4.78 is 5.29. The van der Waals surface area contributed by atoms with Gasteiger partial charge in [0.25, 0.3) is 0 Å². The van der Waals surface area contributed by atoms with Crippen LogP contribution in [-0.2, 0) is 0 Å². The predicted octanol–water partition coefficient (Wildman–Crippen LogP) is 3.82. The first-order chi connectivity index (χ1) is 14.6. The minimum atomic E-state index is -0.248. The van der Waals surface area contributed by atoms with E-state index in [9.17, 15) is 4.79 Å². The highest BCUT2D eigenvalue weighted by Crippen LogP contribution is 2.30. The summed E-state index contributed by atoms with van der Waals surface area (Å²) in [6, 6.07) is 14.5. The van der Waals surface area contributed by atoms with Gasteiger partial charge >= 0.3 is 6.03 Å². The number of benzene rings is 2. The lowest BCUT2D eigenvalue weighted by atomic mass is 9.97. The molecule has 2 aromatic carbocycles. The Labute approximate surface area is 187 Å². The summed E-state index contributed by atoms with van der Waals surface area (Å²) in [5, 5.41) is 14.8. The van der Waals surface area contributed by atoms with E-state index in [1.165, 1.54) is 0 Å². The van der Waals surface area contributed by atoms with Crippen LogP contribution in [0.5, 0.6) is 5.75 Å². The minimum absolute atomic E-state index is 0. The van der Waals surface area contributed by atoms with E-state index in [1.54, 1.807) is 31.4 Å². The van der Waals surface area contributed by atoms with Gasteiger partial charge in [-0.05, 0) is 56.3 Å². The molecule has 1 aromatic heterocycles. The average Bonchev–Trinajstić information content (AvgIpc) is 3.18. The topological polar surface area (TPSA) is 106 Å². The highest BCUT2D eigenvalue weighted by molar-refractivity contribution is 5.89. The number of piperidine rings is 1. The monoisotopic (exact) mass is 440 g/mol. The van der Waals surface area contributed by atoms with Gasteiger partial charge in [-0.3, -0.25) is 4.90 Å². The second-order valence-electron chi connectivity index (χ2n) is 7.51. The number of methoxy groups -OCH3 is 1. The second kappa shape index (κ2) is 9.69. The maximum atomic E-state index is 12.4. The van der Waals surface area contributed by atoms with Crippen molar-refractivity contribution < 1.29 is 9.53 Å². The van der Waals surface area contributed by atoms with Crippen molar-refractivity contribution in [1.82, 2.24) is 20.2 Å². The standard InChI is InChI=1S/C22H24N6O2.ClH/c1-28-10-9-16(25-22(29)24-15-5-3-14(13-23)4-6-15)11-20(28)21-26-18-8-7-17(30-2)12-19(18)27-21;/h3-8,12,16,20H,9-11H2,1-2H3,(H,26,27)(H2,24,25,29);1H/t16-,20-;/m1./s1. The number of nitriles is 1. The largest absolute Gasteiger partial charge is 0.497 e. The molecule has 9 heteroatoms. The summed E-state index contributed by atoms with van der Waals surface area (Å²) in [5.74, 6) is 1.66. The van der Waals surface area contributed by atoms with E-state index in [0.29, 0.717) is 11.3 Å². The Bertz CT molecular complexity index is 1090. The van der Waals surface area contributed by atoms with Gasteiger partial charge in [0, 0.05) is 24.3 Å². The molecule has 1 aliphatic rings. The number of hydrogen-bond donors (Lipinski definition) is 3. The van der Waals surface area contributed by atoms with Crippen molar-refractivity contribution in [3.05, 3.63) is 53.9 Å². The Balaban J connectivity index is 0.00000272. The van der Waals surface area contributed by atoms with Crippen molar-refractivity contribution in [2.45, 2.75) is 24.9 Å². The number of carbonyl (C=O) groups excluding carboxylic acids is 1. The fraction of sp³-hybridized carbons (Fsp3) is 0.318. The summed E-state index contributed by atoms with van der Waals surface area (Å²) in [7, 11) is 3.72. The number of urea groups is 1. The van der Waals surface area contributed by atoms with E-state index in [0.717, 1.165) is 42.0 Å². The number of nitrogens with one attached hydrogen (secondary N) is 3. The molecule has 0 saturated carbocycles. The molecule has 2 amide bonds. The number of likely N-dealkylation sites (tertiary alicyclic amines) is 1. The van der Waals surface area contributed by atoms with Gasteiger partial charge in [-0.1, -0.05) is 0 Å². The molecule has 0 radical (unpaired) electrons. The molecular weight excluding hydrogens is 416 g/mol. The number of hydrogen-bond acceptors (Lipinski definition) is 5. The molecule has 162 valence electrons. The van der Waals surface area contributed by atoms with Crippen LogP contribution in [0.15, 0.2) is 42.5 Å². The molecule has 3 aromatic rings. The van der Waals surface area contributed by atoms with Crippen LogP contribution in [0.25, 0.3) is 11.0 Å². The number of halogens is 1. The van der Waals surface area contributed by atoms with Crippen molar-refractivity contribution in [1.29, 1.82) is 5.26 Å². The first kappa shape index (κ1) is 22.4. The summed E-state index contributed by atoms with van der Waals surface area (Å²) in [6.45, 7) is 0.854. The number of imidazole rings is 1. The number of amides is 2. The van der Waals surface area contributed by atoms with Gasteiger partial charge in [-0.25, -0.2) is 9.78 Å². The molecule has 8 nitrogen and oxygen atoms in total. The van der Waals surface area contributed by atoms with E-state index in [-0.39, 0.29) is 30.5 Å². The van der Waals surface area contributed by atoms with Crippen LogP contribution in [0.1, 0.15) is 30.3 Å². The number of rotatable bonds is 4. The number of anilines is 1. The zero-order valence-corrected chi connectivity index (χ0v) is 18.2. The maximum absolute atomic E-state index is 12.4. The van der Waals surface area contributed by atoms with Gasteiger partial charge in [0.15, 0.2) is 0 Å². The lowest BCUT2D eigenvalue weighted by Crippen LogP contribution is -2.46. The Hall–Kier alpha value is -3.28. The Morgan fingerprint density at radius 3 is 2.77 bits per heavy atom. The smallest absolute Gasteiger partial charge is 0.319 e. The van der Waals surface area contributed by atoms with Gasteiger partial charge in [-0.2, -0.15) is 5.26 Å². The number of carbonyl (C=O) groups is 1. The van der Waals surface area contributed by atoms with E-state index in [4.69, 9.17) is 15.0 Å². The maximum Gasteiger partial charge on any atom is 0.319 e. The van der Waals surface area contributed by atoms with Gasteiger partial charge < -0.3 is 20.4 Å². The van der Waals surface area contributed by atoms with Crippen LogP contribution >= 0.6 is 12.4 Å². The number of ether oxygens (including phenoxy) is 1. The summed E-state index contributed by atoms with van der Waals surface area (Å²) in [5.41, 5.74) is 3.05. The summed E-state index contributed by atoms with van der Waals surface area (Å²) >= 11 is 0. The SMILES string of the molecule is COc1ccc2[nH]c([C@H]3C[C@H](NC(=O)Nc4ccc(C#N)cc4)CCN3C)nc2c1.Cl. The normalized spacial score (nSPS) is 18.6. The number of fused-ring (bicyclic) bond motifs is 1. The van der Waals surface area contributed by atoms with Crippen molar-refractivity contribution in [3.8, 4) is 11.8 Å². The van der Waals surface area contributed by atoms with Crippen molar-refractivity contribution >= 4 is 35.2 Å². The zero-order chi connectivity index (χ0) is 21.1. The third kappa shape index (κ3) is 5.08. The van der Waals surface area contributed by atoms with Gasteiger partial charge in [0.2, 0.25) is 0 Å². The van der Waals surface area contributed by atoms with Crippen LogP contribution in [-0.4, -0.2) is 47.6 Å². The molecule has 1 aliphatic heterocycles. The number of aromatic amines is 1. The van der Waals surface area contributed by atoms with Crippen LogP contribution in [0.4, 0.5) is 10.5 Å². The third-order valence-electron chi connectivity index (χ3n) is 5.50. The fourth-order valence-corrected chi connectivity index (χ4v) is 3.80. The van der Waals surface area contributed by atoms with E-state index in [2.05, 4.69) is 33.6 Å². The second-order valence-corrected chi connectivity index (χ2v) is 7.51. The quantitative estimate of drug-likeness (QED) is 0.571. The molecule has 3 N–H and O–H groups in total. The molecule has 0 bridgehead atoms. The van der Waals surface area contributed by atoms with E-state index < -0.39 is 0 Å². The first-order valence-corrected chi connectivity index (χ1v) is 9.87.